The van der Waals surface area contributed by atoms with Gasteiger partial charge in [0, 0.05) is 18.3 Å². The maximum Gasteiger partial charge on any atom is 0.312 e. The van der Waals surface area contributed by atoms with Gasteiger partial charge in [0.25, 0.3) is 0 Å². The van der Waals surface area contributed by atoms with Crippen molar-refractivity contribution in [3.8, 4) is 0 Å². The third-order valence-electron chi connectivity index (χ3n) is 2.74. The summed E-state index contributed by atoms with van der Waals surface area (Å²) in [7, 11) is 0. The van der Waals surface area contributed by atoms with Crippen molar-refractivity contribution < 1.29 is 9.90 Å². The van der Waals surface area contributed by atoms with E-state index < -0.39 is 11.9 Å². The third-order valence-corrected chi connectivity index (χ3v) is 3.89. The monoisotopic (exact) mass is 267 g/mol. The summed E-state index contributed by atoms with van der Waals surface area (Å²) >= 11 is 1.86. The van der Waals surface area contributed by atoms with Crippen LogP contribution in [0.15, 0.2) is 30.3 Å². The molecule has 0 aromatic heterocycles. The molecule has 1 aromatic carbocycles. The molecule has 0 aliphatic heterocycles. The van der Waals surface area contributed by atoms with Crippen LogP contribution in [-0.2, 0) is 4.79 Å². The van der Waals surface area contributed by atoms with Crippen molar-refractivity contribution in [1.82, 2.24) is 5.32 Å². The predicted octanol–water partition coefficient (Wildman–Crippen LogP) is 2.59. The first-order valence-corrected chi connectivity index (χ1v) is 7.39. The molecule has 0 aliphatic carbocycles. The van der Waals surface area contributed by atoms with Crippen LogP contribution in [0, 0.1) is 0 Å². The highest BCUT2D eigenvalue weighted by Crippen LogP contribution is 2.15. The molecule has 3 nitrogen and oxygen atoms in total. The van der Waals surface area contributed by atoms with Crippen molar-refractivity contribution in [3.63, 3.8) is 0 Å². The Kier molecular flexibility index (Phi) is 6.83. The highest BCUT2D eigenvalue weighted by molar-refractivity contribution is 7.99. The number of hydrogen-bond acceptors (Lipinski definition) is 3. The van der Waals surface area contributed by atoms with Crippen LogP contribution in [0.2, 0.25) is 0 Å². The van der Waals surface area contributed by atoms with Crippen molar-refractivity contribution in [1.29, 1.82) is 0 Å². The van der Waals surface area contributed by atoms with Gasteiger partial charge < -0.3 is 10.4 Å². The number of aliphatic carboxylic acids is 1. The van der Waals surface area contributed by atoms with Crippen molar-refractivity contribution in [3.05, 3.63) is 35.9 Å². The van der Waals surface area contributed by atoms with Gasteiger partial charge in [-0.05, 0) is 18.2 Å². The normalized spacial score (nSPS) is 14.1. The number of benzene rings is 1. The van der Waals surface area contributed by atoms with E-state index in [1.165, 1.54) is 0 Å². The second kappa shape index (κ2) is 8.16. The number of thioether (sulfide) groups is 1. The van der Waals surface area contributed by atoms with Gasteiger partial charge in [-0.3, -0.25) is 4.79 Å². The van der Waals surface area contributed by atoms with Crippen molar-refractivity contribution in [2.45, 2.75) is 25.8 Å². The Bertz CT molecular complexity index is 356. The fraction of sp³-hybridized carbons (Fsp3) is 0.500. The molecule has 2 N–H and O–H groups in total. The van der Waals surface area contributed by atoms with Crippen LogP contribution in [0.1, 0.15) is 25.3 Å². The molecule has 0 fully saturated rings. The number of rotatable bonds is 8. The van der Waals surface area contributed by atoms with Gasteiger partial charge in [0.05, 0.1) is 5.92 Å². The third kappa shape index (κ3) is 5.10. The lowest BCUT2D eigenvalue weighted by Gasteiger charge is -2.18. The van der Waals surface area contributed by atoms with E-state index in [0.717, 1.165) is 17.1 Å². The van der Waals surface area contributed by atoms with Gasteiger partial charge in [0.1, 0.15) is 0 Å². The zero-order valence-electron chi connectivity index (χ0n) is 10.9. The minimum atomic E-state index is -0.774. The average molecular weight is 267 g/mol. The van der Waals surface area contributed by atoms with Gasteiger partial charge >= 0.3 is 5.97 Å². The molecule has 1 rings (SSSR count). The van der Waals surface area contributed by atoms with Crippen molar-refractivity contribution in [2.24, 2.45) is 0 Å². The predicted molar refractivity (Wildman–Crippen MR) is 77.3 cm³/mol. The van der Waals surface area contributed by atoms with Gasteiger partial charge in [0.15, 0.2) is 0 Å². The fourth-order valence-electron chi connectivity index (χ4n) is 1.71. The molecule has 0 heterocycles. The van der Waals surface area contributed by atoms with E-state index in [0.29, 0.717) is 12.6 Å². The van der Waals surface area contributed by atoms with E-state index in [-0.39, 0.29) is 0 Å². The zero-order valence-corrected chi connectivity index (χ0v) is 11.7. The van der Waals surface area contributed by atoms with Crippen LogP contribution >= 0.6 is 11.8 Å². The molecule has 0 radical (unpaired) electrons. The molecular formula is C14H21NO2S. The Morgan fingerprint density at radius 2 is 2.06 bits per heavy atom. The summed E-state index contributed by atoms with van der Waals surface area (Å²) in [5.41, 5.74) is 0.854. The lowest BCUT2D eigenvalue weighted by molar-refractivity contribution is -0.138. The number of carbonyl (C=O) groups is 1. The molecular weight excluding hydrogens is 246 g/mol. The number of nitrogens with one attached hydrogen (secondary N) is 1. The lowest BCUT2D eigenvalue weighted by Crippen LogP contribution is -2.34. The molecule has 100 valence electrons. The summed E-state index contributed by atoms with van der Waals surface area (Å²) in [6, 6.07) is 9.72. The van der Waals surface area contributed by atoms with E-state index in [4.69, 9.17) is 0 Å². The van der Waals surface area contributed by atoms with E-state index >= 15 is 0 Å². The minimum absolute atomic E-state index is 0.334. The molecule has 0 bridgehead atoms. The summed E-state index contributed by atoms with van der Waals surface area (Å²) < 4.78 is 0. The Morgan fingerprint density at radius 1 is 1.39 bits per heavy atom. The maximum atomic E-state index is 11.3. The second-order valence-electron chi connectivity index (χ2n) is 4.27. The summed E-state index contributed by atoms with van der Waals surface area (Å²) in [6.45, 7) is 4.69. The van der Waals surface area contributed by atoms with Gasteiger partial charge in [-0.2, -0.15) is 11.8 Å². The summed E-state index contributed by atoms with van der Waals surface area (Å²) in [4.78, 5) is 11.3. The summed E-state index contributed by atoms with van der Waals surface area (Å²) in [6.07, 6.45) is 0. The Morgan fingerprint density at radius 3 is 2.61 bits per heavy atom. The maximum absolute atomic E-state index is 11.3. The molecule has 2 unspecified atom stereocenters. The van der Waals surface area contributed by atoms with Crippen LogP contribution < -0.4 is 5.32 Å². The first-order valence-electron chi connectivity index (χ1n) is 6.24. The van der Waals surface area contributed by atoms with Crippen molar-refractivity contribution in [2.75, 3.05) is 18.1 Å². The molecule has 0 saturated heterocycles. The summed E-state index contributed by atoms with van der Waals surface area (Å²) in [5.74, 6) is 0.856. The van der Waals surface area contributed by atoms with Gasteiger partial charge in [-0.25, -0.2) is 0 Å². The highest BCUT2D eigenvalue weighted by Gasteiger charge is 2.19. The molecule has 2 atom stereocenters. The summed E-state index contributed by atoms with van der Waals surface area (Å²) in [5, 5.41) is 12.6. The zero-order chi connectivity index (χ0) is 13.4. The lowest BCUT2D eigenvalue weighted by atomic mass is 9.99. The molecule has 18 heavy (non-hydrogen) atoms. The molecule has 0 aliphatic rings. The van der Waals surface area contributed by atoms with Gasteiger partial charge in [-0.15, -0.1) is 0 Å². The smallest absolute Gasteiger partial charge is 0.312 e. The Hall–Kier alpha value is -1.00. The second-order valence-corrected chi connectivity index (χ2v) is 5.59. The van der Waals surface area contributed by atoms with Gasteiger partial charge in [0.2, 0.25) is 0 Å². The molecule has 4 heteroatoms. The largest absolute Gasteiger partial charge is 0.481 e. The van der Waals surface area contributed by atoms with Crippen LogP contribution in [-0.4, -0.2) is 35.2 Å². The minimum Gasteiger partial charge on any atom is -0.481 e. The van der Waals surface area contributed by atoms with Gasteiger partial charge in [-0.1, -0.05) is 37.3 Å². The number of hydrogen-bond donors (Lipinski definition) is 2. The first-order chi connectivity index (χ1) is 8.65. The Labute approximate surface area is 113 Å². The van der Waals surface area contributed by atoms with Crippen molar-refractivity contribution >= 4 is 17.7 Å². The first kappa shape index (κ1) is 15.1. The van der Waals surface area contributed by atoms with Crippen LogP contribution in [0.25, 0.3) is 0 Å². The average Bonchev–Trinajstić information content (AvgIpc) is 2.37. The van der Waals surface area contributed by atoms with E-state index in [1.807, 2.05) is 42.1 Å². The molecule has 1 aromatic rings. The quantitative estimate of drug-likeness (QED) is 0.760. The standard InChI is InChI=1S/C14H21NO2S/c1-3-18-10-11(2)15-9-13(14(16)17)12-7-5-4-6-8-12/h4-8,11,13,15H,3,9-10H2,1-2H3,(H,16,17). The molecule has 0 amide bonds. The van der Waals surface area contributed by atoms with E-state index in [9.17, 15) is 9.90 Å². The topological polar surface area (TPSA) is 49.3 Å². The Balaban J connectivity index is 2.52. The SMILES string of the molecule is CCSCC(C)NCC(C(=O)O)c1ccccc1. The highest BCUT2D eigenvalue weighted by atomic mass is 32.2. The van der Waals surface area contributed by atoms with Crippen LogP contribution in [0.3, 0.4) is 0 Å². The van der Waals surface area contributed by atoms with E-state index in [1.54, 1.807) is 0 Å². The van der Waals surface area contributed by atoms with Crippen LogP contribution in [0.5, 0.6) is 0 Å². The van der Waals surface area contributed by atoms with E-state index in [2.05, 4.69) is 19.2 Å². The van der Waals surface area contributed by atoms with Crippen LogP contribution in [0.4, 0.5) is 0 Å². The number of carboxylic acids is 1. The molecule has 0 saturated carbocycles. The fourth-order valence-corrected chi connectivity index (χ4v) is 2.41. The number of carboxylic acid groups (broad SMARTS) is 1. The molecule has 0 spiro atoms.